The van der Waals surface area contributed by atoms with Crippen molar-refractivity contribution in [3.8, 4) is 11.5 Å². The second kappa shape index (κ2) is 7.48. The number of carbonyl (C=O) groups excluding carboxylic acids is 1. The van der Waals surface area contributed by atoms with Crippen LogP contribution in [-0.4, -0.2) is 59.2 Å². The number of amides is 1. The fourth-order valence-electron chi connectivity index (χ4n) is 2.77. The first-order chi connectivity index (χ1) is 12.0. The molecule has 7 nitrogen and oxygen atoms in total. The van der Waals surface area contributed by atoms with Gasteiger partial charge in [0.2, 0.25) is 11.9 Å². The largest absolute Gasteiger partial charge is 0.454 e. The van der Waals surface area contributed by atoms with Crippen molar-refractivity contribution in [3.63, 3.8) is 0 Å². The average Bonchev–Trinajstić information content (AvgIpc) is 2.97. The molecule has 25 heavy (non-hydrogen) atoms. The number of aromatic nitrogens is 2. The number of anilines is 1. The van der Waals surface area contributed by atoms with E-state index in [-0.39, 0.29) is 11.8 Å². The molecule has 2 atom stereocenters. The molecular formula is C18H22N4O3. The number of hydrogen-bond acceptors (Lipinski definition) is 6. The summed E-state index contributed by atoms with van der Waals surface area (Å²) in [4.78, 5) is 23.9. The van der Waals surface area contributed by atoms with Crippen molar-refractivity contribution in [1.82, 2.24) is 14.9 Å². The van der Waals surface area contributed by atoms with Crippen molar-refractivity contribution >= 4 is 11.9 Å². The predicted molar refractivity (Wildman–Crippen MR) is 93.6 cm³/mol. The number of rotatable bonds is 5. The molecule has 0 unspecified atom stereocenters. The molecule has 1 aliphatic rings. The summed E-state index contributed by atoms with van der Waals surface area (Å²) in [5.74, 6) is 1.70. The van der Waals surface area contributed by atoms with E-state index in [1.54, 1.807) is 31.4 Å². The van der Waals surface area contributed by atoms with Crippen LogP contribution in [0, 0.1) is 5.92 Å². The topological polar surface area (TPSA) is 78.8 Å². The Labute approximate surface area is 146 Å². The van der Waals surface area contributed by atoms with Gasteiger partial charge in [-0.2, -0.15) is 0 Å². The Kier molecular flexibility index (Phi) is 5.14. The Bertz CT molecular complexity index is 706. The highest BCUT2D eigenvalue weighted by molar-refractivity contribution is 5.76. The van der Waals surface area contributed by atoms with Gasteiger partial charge < -0.3 is 19.6 Å². The predicted octanol–water partition coefficient (Wildman–Crippen LogP) is 1.54. The lowest BCUT2D eigenvalue weighted by Crippen LogP contribution is -2.28. The molecule has 1 N–H and O–H groups in total. The summed E-state index contributed by atoms with van der Waals surface area (Å²) in [7, 11) is 3.44. The van der Waals surface area contributed by atoms with E-state index in [1.165, 1.54) is 0 Å². The minimum atomic E-state index is -0.562. The molecule has 1 aromatic heterocycles. The van der Waals surface area contributed by atoms with E-state index in [0.29, 0.717) is 31.2 Å². The molecule has 1 saturated heterocycles. The standard InChI is InChI=1S/C18H22N4O3/c1-21(2)17(24)8-13-11-22(12-16(13)23)18-19-9-15(10-20-18)25-14-6-4-3-5-7-14/h3-7,9-10,13,16,23H,8,11-12H2,1-2H3/t13-,16-/m1/s1. The minimum absolute atomic E-state index is 0.0124. The molecule has 1 aliphatic heterocycles. The Morgan fingerprint density at radius 3 is 2.52 bits per heavy atom. The first-order valence-electron chi connectivity index (χ1n) is 8.21. The van der Waals surface area contributed by atoms with Crippen molar-refractivity contribution in [2.24, 2.45) is 5.92 Å². The van der Waals surface area contributed by atoms with E-state index in [4.69, 9.17) is 4.74 Å². The molecule has 2 heterocycles. The van der Waals surface area contributed by atoms with Crippen LogP contribution in [0.3, 0.4) is 0 Å². The van der Waals surface area contributed by atoms with Gasteiger partial charge in [0.05, 0.1) is 18.5 Å². The van der Waals surface area contributed by atoms with Gasteiger partial charge in [0.15, 0.2) is 5.75 Å². The first kappa shape index (κ1) is 17.2. The number of para-hydroxylation sites is 1. The van der Waals surface area contributed by atoms with Crippen molar-refractivity contribution in [2.45, 2.75) is 12.5 Å². The molecule has 0 radical (unpaired) electrons. The summed E-state index contributed by atoms with van der Waals surface area (Å²) >= 11 is 0. The molecule has 0 bridgehead atoms. The zero-order valence-corrected chi connectivity index (χ0v) is 14.4. The average molecular weight is 342 g/mol. The number of ether oxygens (including phenoxy) is 1. The third kappa shape index (κ3) is 4.24. The smallest absolute Gasteiger partial charge is 0.225 e. The van der Waals surface area contributed by atoms with Gasteiger partial charge in [0.1, 0.15) is 5.75 Å². The highest BCUT2D eigenvalue weighted by atomic mass is 16.5. The van der Waals surface area contributed by atoms with E-state index in [0.717, 1.165) is 5.75 Å². The minimum Gasteiger partial charge on any atom is -0.454 e. The third-order valence-electron chi connectivity index (χ3n) is 4.22. The van der Waals surface area contributed by atoms with Gasteiger partial charge in [-0.1, -0.05) is 18.2 Å². The van der Waals surface area contributed by atoms with E-state index < -0.39 is 6.10 Å². The van der Waals surface area contributed by atoms with Crippen LogP contribution < -0.4 is 9.64 Å². The molecule has 0 spiro atoms. The SMILES string of the molecule is CN(C)C(=O)C[C@@H]1CN(c2ncc(Oc3ccccc3)cn2)C[C@H]1O. The van der Waals surface area contributed by atoms with Crippen LogP contribution in [0.2, 0.25) is 0 Å². The molecule has 2 aromatic rings. The van der Waals surface area contributed by atoms with Crippen LogP contribution >= 0.6 is 0 Å². The lowest BCUT2D eigenvalue weighted by atomic mass is 10.0. The van der Waals surface area contributed by atoms with Crippen LogP contribution in [0.25, 0.3) is 0 Å². The third-order valence-corrected chi connectivity index (χ3v) is 4.22. The van der Waals surface area contributed by atoms with Crippen molar-refractivity contribution < 1.29 is 14.6 Å². The summed E-state index contributed by atoms with van der Waals surface area (Å²) in [6.45, 7) is 0.976. The highest BCUT2D eigenvalue weighted by Crippen LogP contribution is 2.26. The Hall–Kier alpha value is -2.67. The second-order valence-corrected chi connectivity index (χ2v) is 6.36. The van der Waals surface area contributed by atoms with Crippen molar-refractivity contribution in [3.05, 3.63) is 42.7 Å². The molecule has 0 saturated carbocycles. The normalized spacial score (nSPS) is 19.7. The lowest BCUT2D eigenvalue weighted by molar-refractivity contribution is -0.130. The summed E-state index contributed by atoms with van der Waals surface area (Å²) in [6, 6.07) is 9.42. The van der Waals surface area contributed by atoms with Crippen LogP contribution in [0.1, 0.15) is 6.42 Å². The van der Waals surface area contributed by atoms with Gasteiger partial charge in [-0.15, -0.1) is 0 Å². The maximum Gasteiger partial charge on any atom is 0.225 e. The molecule has 132 valence electrons. The van der Waals surface area contributed by atoms with Crippen LogP contribution in [0.15, 0.2) is 42.7 Å². The second-order valence-electron chi connectivity index (χ2n) is 6.36. The number of aliphatic hydroxyl groups excluding tert-OH is 1. The maximum absolute atomic E-state index is 11.9. The Morgan fingerprint density at radius 2 is 1.88 bits per heavy atom. The van der Waals surface area contributed by atoms with E-state index >= 15 is 0 Å². The van der Waals surface area contributed by atoms with Gasteiger partial charge in [0.25, 0.3) is 0 Å². The Morgan fingerprint density at radius 1 is 1.20 bits per heavy atom. The number of nitrogens with zero attached hydrogens (tertiary/aromatic N) is 4. The molecule has 3 rings (SSSR count). The number of hydrogen-bond donors (Lipinski definition) is 1. The number of β-amino-alcohol motifs (C(OH)–C–C–N with tert-alkyl or cyclic N) is 1. The first-order valence-corrected chi connectivity index (χ1v) is 8.21. The molecule has 1 aromatic carbocycles. The van der Waals surface area contributed by atoms with Crippen LogP contribution in [-0.2, 0) is 4.79 Å². The monoisotopic (exact) mass is 342 g/mol. The van der Waals surface area contributed by atoms with Crippen molar-refractivity contribution in [2.75, 3.05) is 32.1 Å². The Balaban J connectivity index is 1.62. The zero-order valence-electron chi connectivity index (χ0n) is 14.4. The van der Waals surface area contributed by atoms with Gasteiger partial charge in [0, 0.05) is 39.5 Å². The molecular weight excluding hydrogens is 320 g/mol. The lowest BCUT2D eigenvalue weighted by Gasteiger charge is -2.17. The summed E-state index contributed by atoms with van der Waals surface area (Å²) in [5.41, 5.74) is 0. The zero-order chi connectivity index (χ0) is 17.8. The number of aliphatic hydroxyl groups is 1. The van der Waals surface area contributed by atoms with E-state index in [1.807, 2.05) is 35.2 Å². The summed E-state index contributed by atoms with van der Waals surface area (Å²) in [5, 5.41) is 10.2. The van der Waals surface area contributed by atoms with Gasteiger partial charge in [-0.3, -0.25) is 4.79 Å². The molecule has 1 amide bonds. The summed E-state index contributed by atoms with van der Waals surface area (Å²) in [6.07, 6.45) is 2.98. The van der Waals surface area contributed by atoms with Crippen LogP contribution in [0.5, 0.6) is 11.5 Å². The highest BCUT2D eigenvalue weighted by Gasteiger charge is 2.34. The van der Waals surface area contributed by atoms with Gasteiger partial charge in [-0.05, 0) is 12.1 Å². The molecule has 7 heteroatoms. The fraction of sp³-hybridized carbons (Fsp3) is 0.389. The van der Waals surface area contributed by atoms with Crippen LogP contribution in [0.4, 0.5) is 5.95 Å². The molecule has 0 aliphatic carbocycles. The fourth-order valence-corrected chi connectivity index (χ4v) is 2.77. The van der Waals surface area contributed by atoms with E-state index in [2.05, 4.69) is 9.97 Å². The number of carbonyl (C=O) groups is 1. The van der Waals surface area contributed by atoms with Gasteiger partial charge >= 0.3 is 0 Å². The van der Waals surface area contributed by atoms with Crippen molar-refractivity contribution in [1.29, 1.82) is 0 Å². The number of benzene rings is 1. The van der Waals surface area contributed by atoms with Gasteiger partial charge in [-0.25, -0.2) is 9.97 Å². The molecule has 1 fully saturated rings. The summed E-state index contributed by atoms with van der Waals surface area (Å²) < 4.78 is 5.67. The quantitative estimate of drug-likeness (QED) is 0.888. The van der Waals surface area contributed by atoms with E-state index in [9.17, 15) is 9.90 Å². The maximum atomic E-state index is 11.9.